The number of benzene rings is 1. The van der Waals surface area contributed by atoms with Crippen molar-refractivity contribution in [1.82, 2.24) is 29.5 Å². The van der Waals surface area contributed by atoms with Crippen molar-refractivity contribution in [2.75, 3.05) is 13.2 Å². The maximum Gasteiger partial charge on any atom is 0.274 e. The Morgan fingerprint density at radius 2 is 1.84 bits per heavy atom. The lowest BCUT2D eigenvalue weighted by molar-refractivity contribution is 0.00557. The number of nitrogens with zero attached hydrogens (tertiary/aromatic N) is 5. The summed E-state index contributed by atoms with van der Waals surface area (Å²) < 4.78 is 14.7. The van der Waals surface area contributed by atoms with Crippen LogP contribution in [0.2, 0.25) is 0 Å². The molecule has 8 nitrogen and oxygen atoms in total. The van der Waals surface area contributed by atoms with Crippen LogP contribution in [0.15, 0.2) is 47.5 Å². The van der Waals surface area contributed by atoms with Gasteiger partial charge in [0, 0.05) is 37.0 Å². The number of fused-ring (bicyclic) bond motifs is 1. The van der Waals surface area contributed by atoms with Crippen molar-refractivity contribution < 1.29 is 9.18 Å². The minimum Gasteiger partial charge on any atom is -0.339 e. The van der Waals surface area contributed by atoms with E-state index in [1.807, 2.05) is 19.1 Å². The Bertz CT molecular complexity index is 1550. The zero-order valence-electron chi connectivity index (χ0n) is 22.5. The number of nitrogens with one attached hydrogen (secondary N) is 1. The molecule has 0 spiro atoms. The fourth-order valence-electron chi connectivity index (χ4n) is 5.33. The predicted octanol–water partition coefficient (Wildman–Crippen LogP) is 4.86. The number of alkyl halides is 1. The first-order chi connectivity index (χ1) is 18.1. The van der Waals surface area contributed by atoms with Crippen LogP contribution >= 0.6 is 0 Å². The van der Waals surface area contributed by atoms with Crippen molar-refractivity contribution in [2.45, 2.75) is 53.5 Å². The van der Waals surface area contributed by atoms with E-state index in [9.17, 15) is 14.0 Å². The zero-order chi connectivity index (χ0) is 27.2. The van der Waals surface area contributed by atoms with Crippen molar-refractivity contribution >= 4 is 11.6 Å². The monoisotopic (exact) mass is 516 g/mol. The smallest absolute Gasteiger partial charge is 0.274 e. The molecule has 1 saturated heterocycles. The largest absolute Gasteiger partial charge is 0.339 e. The molecule has 0 aliphatic carbocycles. The number of H-pyrrole nitrogens is 1. The predicted molar refractivity (Wildman–Crippen MR) is 145 cm³/mol. The van der Waals surface area contributed by atoms with Crippen LogP contribution in [0.1, 0.15) is 55.7 Å². The molecule has 198 valence electrons. The van der Waals surface area contributed by atoms with E-state index < -0.39 is 6.67 Å². The molecular formula is C29H33FN6O2. The van der Waals surface area contributed by atoms with Crippen LogP contribution < -0.4 is 5.56 Å². The molecule has 1 fully saturated rings. The normalized spacial score (nSPS) is 17.6. The van der Waals surface area contributed by atoms with Gasteiger partial charge in [0.1, 0.15) is 17.0 Å². The maximum absolute atomic E-state index is 14.0. The standard InChI is InChI=1S/C29H33FN6O2/c1-6-22-20(15-30)16-35(22)28(38)24-26(25-17(2)31-11-12-32-25)34-36-23(37)13-21(33-27(24)36)19-9-7-18(8-10-19)14-29(3,4)5/h7-13,20,22,33H,6,14-16H2,1-5H3. The number of aryl methyl sites for hydroxylation is 1. The Morgan fingerprint density at radius 1 is 1.13 bits per heavy atom. The number of hydrogen-bond acceptors (Lipinski definition) is 5. The highest BCUT2D eigenvalue weighted by Gasteiger charge is 2.43. The Balaban J connectivity index is 1.66. The molecule has 1 aromatic carbocycles. The molecule has 2 unspecified atom stereocenters. The molecule has 1 amide bonds. The summed E-state index contributed by atoms with van der Waals surface area (Å²) in [6.07, 6.45) is 4.67. The Hall–Kier alpha value is -3.88. The van der Waals surface area contributed by atoms with Crippen LogP contribution in [0.3, 0.4) is 0 Å². The molecule has 0 bridgehead atoms. The molecule has 1 aliphatic rings. The molecule has 5 rings (SSSR count). The summed E-state index contributed by atoms with van der Waals surface area (Å²) in [6, 6.07) is 9.35. The number of rotatable bonds is 6. The van der Waals surface area contributed by atoms with Gasteiger partial charge in [-0.05, 0) is 36.3 Å². The number of carbonyl (C=O) groups is 1. The summed E-state index contributed by atoms with van der Waals surface area (Å²) >= 11 is 0. The molecule has 2 atom stereocenters. The zero-order valence-corrected chi connectivity index (χ0v) is 22.5. The first-order valence-corrected chi connectivity index (χ1v) is 13.0. The molecule has 4 aromatic rings. The van der Waals surface area contributed by atoms with E-state index in [0.29, 0.717) is 30.0 Å². The van der Waals surface area contributed by atoms with Gasteiger partial charge in [-0.1, -0.05) is 52.0 Å². The molecule has 1 aliphatic heterocycles. The molecule has 1 N–H and O–H groups in total. The molecule has 4 heterocycles. The quantitative estimate of drug-likeness (QED) is 0.395. The van der Waals surface area contributed by atoms with Crippen LogP contribution in [-0.2, 0) is 6.42 Å². The fraction of sp³-hybridized carbons (Fsp3) is 0.414. The van der Waals surface area contributed by atoms with Gasteiger partial charge in [0.15, 0.2) is 5.65 Å². The number of amides is 1. The van der Waals surface area contributed by atoms with Gasteiger partial charge in [0.25, 0.3) is 11.5 Å². The minimum absolute atomic E-state index is 0.158. The van der Waals surface area contributed by atoms with Gasteiger partial charge < -0.3 is 9.88 Å². The summed E-state index contributed by atoms with van der Waals surface area (Å²) in [5.74, 6) is -0.487. The maximum atomic E-state index is 14.0. The van der Waals surface area contributed by atoms with E-state index in [1.165, 1.54) is 22.3 Å². The first-order valence-electron chi connectivity index (χ1n) is 13.0. The van der Waals surface area contributed by atoms with Gasteiger partial charge in [0.2, 0.25) is 0 Å². The van der Waals surface area contributed by atoms with Crippen LogP contribution in [0, 0.1) is 18.3 Å². The van der Waals surface area contributed by atoms with E-state index in [2.05, 4.69) is 53.0 Å². The minimum atomic E-state index is -0.473. The number of halogens is 1. The van der Waals surface area contributed by atoms with Crippen LogP contribution in [0.25, 0.3) is 28.3 Å². The molecule has 3 aromatic heterocycles. The topological polar surface area (TPSA) is 96.2 Å². The number of carbonyl (C=O) groups excluding carboxylic acids is 1. The fourth-order valence-corrected chi connectivity index (χ4v) is 5.33. The molecule has 0 radical (unpaired) electrons. The van der Waals surface area contributed by atoms with E-state index in [0.717, 1.165) is 12.0 Å². The highest BCUT2D eigenvalue weighted by atomic mass is 19.1. The highest BCUT2D eigenvalue weighted by Crippen LogP contribution is 2.34. The Morgan fingerprint density at radius 3 is 2.47 bits per heavy atom. The van der Waals surface area contributed by atoms with Gasteiger partial charge in [0.05, 0.1) is 18.1 Å². The second kappa shape index (κ2) is 9.78. The third kappa shape index (κ3) is 4.61. The van der Waals surface area contributed by atoms with Crippen LogP contribution in [0.5, 0.6) is 0 Å². The molecular weight excluding hydrogens is 483 g/mol. The van der Waals surface area contributed by atoms with Crippen molar-refractivity contribution in [3.8, 4) is 22.6 Å². The molecule has 0 saturated carbocycles. The first kappa shape index (κ1) is 25.8. The second-order valence-corrected chi connectivity index (χ2v) is 11.3. The molecule has 38 heavy (non-hydrogen) atoms. The second-order valence-electron chi connectivity index (χ2n) is 11.3. The van der Waals surface area contributed by atoms with Gasteiger partial charge in [-0.15, -0.1) is 0 Å². The van der Waals surface area contributed by atoms with Crippen LogP contribution in [-0.4, -0.2) is 54.6 Å². The number of hydrogen-bond donors (Lipinski definition) is 1. The SMILES string of the molecule is CCC1C(CF)CN1C(=O)c1c(-c2nccnc2C)nn2c(=O)cc(-c3ccc(CC(C)(C)C)cc3)[nH]c12. The van der Waals surface area contributed by atoms with Crippen molar-refractivity contribution in [2.24, 2.45) is 11.3 Å². The highest BCUT2D eigenvalue weighted by molar-refractivity contribution is 6.06. The van der Waals surface area contributed by atoms with E-state index in [4.69, 9.17) is 0 Å². The summed E-state index contributed by atoms with van der Waals surface area (Å²) in [6.45, 7) is 10.2. The third-order valence-electron chi connectivity index (χ3n) is 7.19. The summed E-state index contributed by atoms with van der Waals surface area (Å²) in [5, 5.41) is 4.53. The lowest BCUT2D eigenvalue weighted by Crippen LogP contribution is -2.59. The van der Waals surface area contributed by atoms with E-state index in [1.54, 1.807) is 18.0 Å². The summed E-state index contributed by atoms with van der Waals surface area (Å²) in [7, 11) is 0. The van der Waals surface area contributed by atoms with Crippen molar-refractivity contribution in [1.29, 1.82) is 0 Å². The van der Waals surface area contributed by atoms with Crippen molar-refractivity contribution in [3.63, 3.8) is 0 Å². The molecule has 9 heteroatoms. The lowest BCUT2D eigenvalue weighted by Gasteiger charge is -2.46. The lowest BCUT2D eigenvalue weighted by atomic mass is 9.87. The third-order valence-corrected chi connectivity index (χ3v) is 7.19. The van der Waals surface area contributed by atoms with Gasteiger partial charge in [-0.25, -0.2) is 0 Å². The number of likely N-dealkylation sites (tertiary alicyclic amines) is 1. The van der Waals surface area contributed by atoms with Gasteiger partial charge in [-0.2, -0.15) is 9.61 Å². The van der Waals surface area contributed by atoms with Gasteiger partial charge >= 0.3 is 0 Å². The van der Waals surface area contributed by atoms with Crippen LogP contribution in [0.4, 0.5) is 4.39 Å². The summed E-state index contributed by atoms with van der Waals surface area (Å²) in [5.41, 5.74) is 4.23. The number of aromatic amines is 1. The number of aromatic nitrogens is 5. The van der Waals surface area contributed by atoms with E-state index in [-0.39, 0.29) is 45.7 Å². The average Bonchev–Trinajstić information content (AvgIpc) is 3.23. The Kier molecular flexibility index (Phi) is 6.63. The van der Waals surface area contributed by atoms with Crippen molar-refractivity contribution in [3.05, 3.63) is 69.9 Å². The van der Waals surface area contributed by atoms with E-state index >= 15 is 0 Å². The average molecular weight is 517 g/mol. The van der Waals surface area contributed by atoms with Gasteiger partial charge in [-0.3, -0.25) is 23.9 Å². The Labute approximate surface area is 220 Å². The summed E-state index contributed by atoms with van der Waals surface area (Å²) in [4.78, 5) is 40.9.